The summed E-state index contributed by atoms with van der Waals surface area (Å²) in [5.41, 5.74) is 8.10. The maximum atomic E-state index is 5.81. The summed E-state index contributed by atoms with van der Waals surface area (Å²) in [5.74, 6) is 1.61. The highest BCUT2D eigenvalue weighted by Gasteiger charge is 2.29. The molecule has 1 heterocycles. The fraction of sp³-hybridized carbons (Fsp3) is 0.357. The Morgan fingerprint density at radius 2 is 2.00 bits per heavy atom. The van der Waals surface area contributed by atoms with Gasteiger partial charge in [0, 0.05) is 16.9 Å². The Bertz CT molecular complexity index is 526. The molecule has 2 aromatic rings. The first-order valence-electron chi connectivity index (χ1n) is 6.21. The van der Waals surface area contributed by atoms with Gasteiger partial charge in [0.15, 0.2) is 0 Å². The number of H-pyrrole nitrogens is 1. The highest BCUT2D eigenvalue weighted by atomic mass is 32.2. The third-order valence-corrected chi connectivity index (χ3v) is 4.30. The van der Waals surface area contributed by atoms with Crippen LogP contribution in [0, 0.1) is 0 Å². The number of nitrogens with two attached hydrogens (primary N) is 1. The second-order valence-corrected chi connectivity index (χ2v) is 5.72. The molecule has 1 fully saturated rings. The van der Waals surface area contributed by atoms with Gasteiger partial charge in [0.25, 0.3) is 0 Å². The molecule has 4 heteroatoms. The average Bonchev–Trinajstić information content (AvgIpc) is 2.84. The minimum Gasteiger partial charge on any atom is -0.342 e. The van der Waals surface area contributed by atoms with Crippen LogP contribution in [0.2, 0.25) is 0 Å². The molecular weight excluding hydrogens is 242 g/mol. The molecule has 0 unspecified atom stereocenters. The van der Waals surface area contributed by atoms with Crippen LogP contribution in [0.1, 0.15) is 24.6 Å². The predicted octanol–water partition coefficient (Wildman–Crippen LogP) is 3.00. The fourth-order valence-electron chi connectivity index (χ4n) is 2.35. The molecule has 1 saturated carbocycles. The van der Waals surface area contributed by atoms with Gasteiger partial charge in [0.05, 0.1) is 11.9 Å². The predicted molar refractivity (Wildman–Crippen MR) is 75.8 cm³/mol. The zero-order chi connectivity index (χ0) is 12.5. The van der Waals surface area contributed by atoms with Crippen LogP contribution in [0.15, 0.2) is 35.4 Å². The number of hydrogen-bond acceptors (Lipinski definition) is 3. The number of benzene rings is 1. The molecule has 3 N–H and O–H groups in total. The van der Waals surface area contributed by atoms with Crippen LogP contribution in [-0.4, -0.2) is 22.3 Å². The lowest BCUT2D eigenvalue weighted by Crippen LogP contribution is -2.35. The topological polar surface area (TPSA) is 54.7 Å². The molecule has 0 spiro atoms. The van der Waals surface area contributed by atoms with Gasteiger partial charge in [-0.25, -0.2) is 4.98 Å². The van der Waals surface area contributed by atoms with Crippen molar-refractivity contribution in [3.05, 3.63) is 36.3 Å². The first-order chi connectivity index (χ1) is 8.76. The van der Waals surface area contributed by atoms with Gasteiger partial charge < -0.3 is 10.7 Å². The van der Waals surface area contributed by atoms with Crippen molar-refractivity contribution in [3.8, 4) is 11.3 Å². The lowest BCUT2D eigenvalue weighted by Gasteiger charge is -2.30. The van der Waals surface area contributed by atoms with E-state index in [1.165, 1.54) is 10.5 Å². The molecule has 1 aliphatic carbocycles. The quantitative estimate of drug-likeness (QED) is 0.833. The highest BCUT2D eigenvalue weighted by molar-refractivity contribution is 7.98. The summed E-state index contributed by atoms with van der Waals surface area (Å²) in [6.07, 6.45) is 6.12. The lowest BCUT2D eigenvalue weighted by atomic mass is 9.80. The van der Waals surface area contributed by atoms with Gasteiger partial charge in [-0.1, -0.05) is 12.1 Å². The van der Waals surface area contributed by atoms with Crippen molar-refractivity contribution in [2.75, 3.05) is 6.26 Å². The molecule has 94 valence electrons. The van der Waals surface area contributed by atoms with Crippen LogP contribution in [-0.2, 0) is 0 Å². The summed E-state index contributed by atoms with van der Waals surface area (Å²) in [6, 6.07) is 8.91. The smallest absolute Gasteiger partial charge is 0.109 e. The van der Waals surface area contributed by atoms with E-state index in [-0.39, 0.29) is 0 Å². The molecule has 3 nitrogen and oxygen atoms in total. The molecule has 0 amide bonds. The molecule has 18 heavy (non-hydrogen) atoms. The summed E-state index contributed by atoms with van der Waals surface area (Å²) in [7, 11) is 0. The van der Waals surface area contributed by atoms with Crippen molar-refractivity contribution in [1.82, 2.24) is 9.97 Å². The number of imidazole rings is 1. The fourth-order valence-corrected chi connectivity index (χ4v) is 2.75. The molecule has 0 radical (unpaired) electrons. The number of nitrogens with one attached hydrogen (secondary N) is 1. The number of rotatable bonds is 3. The first kappa shape index (κ1) is 11.8. The van der Waals surface area contributed by atoms with Crippen molar-refractivity contribution >= 4 is 11.8 Å². The maximum absolute atomic E-state index is 5.81. The van der Waals surface area contributed by atoms with Crippen LogP contribution in [0.5, 0.6) is 0 Å². The number of hydrogen-bond donors (Lipinski definition) is 2. The van der Waals surface area contributed by atoms with Gasteiger partial charge in [-0.15, -0.1) is 11.8 Å². The lowest BCUT2D eigenvalue weighted by molar-refractivity contribution is 0.340. The molecule has 3 rings (SSSR count). The normalized spacial score (nSPS) is 22.8. The Balaban J connectivity index is 1.79. The standard InChI is InChI=1S/C14H17N3S/c1-18-12-4-2-9(3-5-12)13-8-16-14(17-13)10-6-11(15)7-10/h2-5,8,10-11H,6-7,15H2,1H3,(H,16,17). The van der Waals surface area contributed by atoms with Crippen molar-refractivity contribution < 1.29 is 0 Å². The van der Waals surface area contributed by atoms with E-state index < -0.39 is 0 Å². The van der Waals surface area contributed by atoms with E-state index in [0.29, 0.717) is 12.0 Å². The first-order valence-corrected chi connectivity index (χ1v) is 7.43. The summed E-state index contributed by atoms with van der Waals surface area (Å²) in [6.45, 7) is 0. The van der Waals surface area contributed by atoms with Crippen molar-refractivity contribution in [1.29, 1.82) is 0 Å². The van der Waals surface area contributed by atoms with Gasteiger partial charge in [-0.05, 0) is 36.8 Å². The molecule has 0 saturated heterocycles. The van der Waals surface area contributed by atoms with E-state index in [0.717, 1.165) is 24.4 Å². The molecule has 1 aromatic heterocycles. The van der Waals surface area contributed by atoms with Crippen LogP contribution >= 0.6 is 11.8 Å². The molecule has 1 aliphatic rings. The maximum Gasteiger partial charge on any atom is 0.109 e. The summed E-state index contributed by atoms with van der Waals surface area (Å²) < 4.78 is 0. The zero-order valence-corrected chi connectivity index (χ0v) is 11.2. The molecule has 0 aliphatic heterocycles. The third kappa shape index (κ3) is 2.18. The van der Waals surface area contributed by atoms with Crippen LogP contribution in [0.4, 0.5) is 0 Å². The van der Waals surface area contributed by atoms with E-state index in [4.69, 9.17) is 5.73 Å². The van der Waals surface area contributed by atoms with Gasteiger partial charge in [-0.3, -0.25) is 0 Å². The van der Waals surface area contributed by atoms with E-state index in [1.807, 2.05) is 6.20 Å². The van der Waals surface area contributed by atoms with E-state index in [9.17, 15) is 0 Å². The molecule has 0 atom stereocenters. The summed E-state index contributed by atoms with van der Waals surface area (Å²) in [5, 5.41) is 0. The Morgan fingerprint density at radius 1 is 1.28 bits per heavy atom. The Hall–Kier alpha value is -1.26. The minimum absolute atomic E-state index is 0.365. The zero-order valence-electron chi connectivity index (χ0n) is 10.4. The van der Waals surface area contributed by atoms with Gasteiger partial charge in [0.1, 0.15) is 5.82 Å². The second kappa shape index (κ2) is 4.78. The molecule has 1 aromatic carbocycles. The van der Waals surface area contributed by atoms with Crippen LogP contribution in [0.25, 0.3) is 11.3 Å². The molecular formula is C14H17N3S. The number of aromatic amines is 1. The Labute approximate surface area is 111 Å². The van der Waals surface area contributed by atoms with E-state index >= 15 is 0 Å². The number of nitrogens with zero attached hydrogens (tertiary/aromatic N) is 1. The average molecular weight is 259 g/mol. The van der Waals surface area contributed by atoms with Crippen molar-refractivity contribution in [2.24, 2.45) is 5.73 Å². The highest BCUT2D eigenvalue weighted by Crippen LogP contribution is 2.34. The Morgan fingerprint density at radius 3 is 2.61 bits per heavy atom. The van der Waals surface area contributed by atoms with Crippen molar-refractivity contribution in [3.63, 3.8) is 0 Å². The SMILES string of the molecule is CSc1ccc(-c2cnc(C3CC(N)C3)[nH]2)cc1. The summed E-state index contributed by atoms with van der Waals surface area (Å²) >= 11 is 1.76. The van der Waals surface area contributed by atoms with Gasteiger partial charge in [0.2, 0.25) is 0 Å². The molecule has 0 bridgehead atoms. The largest absolute Gasteiger partial charge is 0.342 e. The Kier molecular flexibility index (Phi) is 3.14. The van der Waals surface area contributed by atoms with E-state index in [2.05, 4.69) is 40.5 Å². The number of thioether (sulfide) groups is 1. The van der Waals surface area contributed by atoms with Crippen molar-refractivity contribution in [2.45, 2.75) is 29.7 Å². The van der Waals surface area contributed by atoms with Crippen LogP contribution < -0.4 is 5.73 Å². The van der Waals surface area contributed by atoms with Gasteiger partial charge >= 0.3 is 0 Å². The summed E-state index contributed by atoms with van der Waals surface area (Å²) in [4.78, 5) is 9.17. The monoisotopic (exact) mass is 259 g/mol. The second-order valence-electron chi connectivity index (χ2n) is 4.84. The van der Waals surface area contributed by atoms with Crippen LogP contribution in [0.3, 0.4) is 0 Å². The third-order valence-electron chi connectivity index (χ3n) is 3.56. The number of aromatic nitrogens is 2. The van der Waals surface area contributed by atoms with Gasteiger partial charge in [-0.2, -0.15) is 0 Å². The van der Waals surface area contributed by atoms with E-state index in [1.54, 1.807) is 11.8 Å². The minimum atomic E-state index is 0.365.